The molecule has 1 aliphatic heterocycles. The van der Waals surface area contributed by atoms with Crippen LogP contribution in [0, 0.1) is 0 Å². The Morgan fingerprint density at radius 3 is 2.69 bits per heavy atom. The van der Waals surface area contributed by atoms with Crippen LogP contribution in [-0.2, 0) is 13.1 Å². The van der Waals surface area contributed by atoms with Crippen molar-refractivity contribution < 1.29 is 0 Å². The summed E-state index contributed by atoms with van der Waals surface area (Å²) < 4.78 is 2.15. The first-order chi connectivity index (χ1) is 12.3. The minimum Gasteiger partial charge on any atom is -0.357 e. The summed E-state index contributed by atoms with van der Waals surface area (Å²) in [7, 11) is 0. The Hall–Kier alpha value is -1.77. The lowest BCUT2D eigenvalue weighted by atomic mass is 10.2. The predicted octanol–water partition coefficient (Wildman–Crippen LogP) is 2.86. The monoisotopic (exact) mass is 468 g/mol. The number of hydrogen-bond donors (Lipinski definition) is 2. The van der Waals surface area contributed by atoms with Crippen LogP contribution in [0.5, 0.6) is 0 Å². The number of nitrogens with zero attached hydrogens (tertiary/aromatic N) is 4. The molecule has 0 spiro atoms. The van der Waals surface area contributed by atoms with Crippen molar-refractivity contribution in [3.63, 3.8) is 0 Å². The van der Waals surface area contributed by atoms with Gasteiger partial charge in [0.25, 0.3) is 0 Å². The molecule has 1 saturated heterocycles. The summed E-state index contributed by atoms with van der Waals surface area (Å²) in [6, 6.07) is 8.30. The Kier molecular flexibility index (Phi) is 8.73. The highest BCUT2D eigenvalue weighted by Gasteiger charge is 2.13. The molecule has 3 rings (SSSR count). The molecular formula is C19H29IN6. The lowest BCUT2D eigenvalue weighted by Gasteiger charge is -2.16. The van der Waals surface area contributed by atoms with Gasteiger partial charge in [-0.15, -0.1) is 24.0 Å². The molecule has 0 saturated carbocycles. The molecule has 6 nitrogen and oxygen atoms in total. The van der Waals surface area contributed by atoms with Gasteiger partial charge in [0.2, 0.25) is 0 Å². The zero-order valence-corrected chi connectivity index (χ0v) is 17.7. The molecule has 2 aromatic rings. The average Bonchev–Trinajstić information content (AvgIpc) is 3.34. The number of guanidine groups is 1. The maximum Gasteiger partial charge on any atom is 0.191 e. The van der Waals surface area contributed by atoms with Crippen LogP contribution in [0.2, 0.25) is 0 Å². The highest BCUT2D eigenvalue weighted by Crippen LogP contribution is 2.18. The second-order valence-corrected chi connectivity index (χ2v) is 6.26. The van der Waals surface area contributed by atoms with Crippen molar-refractivity contribution in [1.82, 2.24) is 20.2 Å². The zero-order chi connectivity index (χ0) is 17.3. The third-order valence-electron chi connectivity index (χ3n) is 4.33. The fourth-order valence-corrected chi connectivity index (χ4v) is 3.01. The molecule has 2 aromatic heterocycles. The third kappa shape index (κ3) is 6.19. The van der Waals surface area contributed by atoms with Crippen molar-refractivity contribution in [3.05, 3.63) is 48.4 Å². The number of halogens is 1. The second kappa shape index (κ2) is 11.1. The van der Waals surface area contributed by atoms with E-state index < -0.39 is 0 Å². The quantitative estimate of drug-likeness (QED) is 0.373. The van der Waals surface area contributed by atoms with Crippen LogP contribution >= 0.6 is 24.0 Å². The van der Waals surface area contributed by atoms with E-state index in [0.29, 0.717) is 6.54 Å². The summed E-state index contributed by atoms with van der Waals surface area (Å²) in [5.74, 6) is 1.94. The number of anilines is 1. The van der Waals surface area contributed by atoms with Gasteiger partial charge in [-0.05, 0) is 49.6 Å². The summed E-state index contributed by atoms with van der Waals surface area (Å²) in [6.45, 7) is 7.59. The highest BCUT2D eigenvalue weighted by atomic mass is 127. The predicted molar refractivity (Wildman–Crippen MR) is 118 cm³/mol. The van der Waals surface area contributed by atoms with Gasteiger partial charge < -0.3 is 20.1 Å². The molecule has 26 heavy (non-hydrogen) atoms. The van der Waals surface area contributed by atoms with E-state index in [-0.39, 0.29) is 24.0 Å². The van der Waals surface area contributed by atoms with Gasteiger partial charge >= 0.3 is 0 Å². The zero-order valence-electron chi connectivity index (χ0n) is 15.4. The summed E-state index contributed by atoms with van der Waals surface area (Å²) in [5, 5.41) is 6.70. The number of aromatic nitrogens is 2. The van der Waals surface area contributed by atoms with Crippen LogP contribution in [-0.4, -0.2) is 41.7 Å². The van der Waals surface area contributed by atoms with Gasteiger partial charge in [0.15, 0.2) is 5.96 Å². The number of nitrogens with one attached hydrogen (secondary N) is 2. The smallest absolute Gasteiger partial charge is 0.191 e. The fourth-order valence-electron chi connectivity index (χ4n) is 3.01. The van der Waals surface area contributed by atoms with Crippen LogP contribution in [0.25, 0.3) is 0 Å². The molecule has 0 amide bonds. The molecule has 0 atom stereocenters. The van der Waals surface area contributed by atoms with Crippen molar-refractivity contribution >= 4 is 35.8 Å². The first kappa shape index (κ1) is 20.5. The lowest BCUT2D eigenvalue weighted by molar-refractivity contribution is 0.665. The molecule has 7 heteroatoms. The van der Waals surface area contributed by atoms with Gasteiger partial charge in [-0.2, -0.15) is 0 Å². The summed E-state index contributed by atoms with van der Waals surface area (Å²) in [4.78, 5) is 11.6. The SMILES string of the molecule is CCNC(=NCc1ccnc(N2CCCC2)c1)NCCn1cccc1.I. The van der Waals surface area contributed by atoms with Gasteiger partial charge in [0.05, 0.1) is 6.54 Å². The van der Waals surface area contributed by atoms with Crippen molar-refractivity contribution in [2.75, 3.05) is 31.1 Å². The van der Waals surface area contributed by atoms with E-state index in [2.05, 4.69) is 50.5 Å². The molecule has 0 aliphatic carbocycles. The normalized spacial score (nSPS) is 14.2. The van der Waals surface area contributed by atoms with E-state index in [1.165, 1.54) is 18.4 Å². The highest BCUT2D eigenvalue weighted by molar-refractivity contribution is 14.0. The van der Waals surface area contributed by atoms with Crippen LogP contribution < -0.4 is 15.5 Å². The van der Waals surface area contributed by atoms with Gasteiger partial charge in [0, 0.05) is 51.3 Å². The first-order valence-corrected chi connectivity index (χ1v) is 9.18. The molecule has 0 bridgehead atoms. The molecule has 0 unspecified atom stereocenters. The first-order valence-electron chi connectivity index (χ1n) is 9.18. The molecule has 2 N–H and O–H groups in total. The third-order valence-corrected chi connectivity index (χ3v) is 4.33. The summed E-state index contributed by atoms with van der Waals surface area (Å²) in [5.41, 5.74) is 1.19. The minimum atomic E-state index is 0. The maximum absolute atomic E-state index is 4.71. The van der Waals surface area contributed by atoms with Crippen molar-refractivity contribution in [2.45, 2.75) is 32.9 Å². The standard InChI is InChI=1S/C19H28N6.HI/c1-2-20-19(22-9-14-24-10-3-4-11-24)23-16-17-7-8-21-18(15-17)25-12-5-6-13-25;/h3-4,7-8,10-11,15H,2,5-6,9,12-14,16H2,1H3,(H2,20,22,23);1H. The van der Waals surface area contributed by atoms with Gasteiger partial charge in [-0.3, -0.25) is 0 Å². The van der Waals surface area contributed by atoms with E-state index in [0.717, 1.165) is 44.5 Å². The Bertz CT molecular complexity index is 664. The Morgan fingerprint density at radius 1 is 1.19 bits per heavy atom. The van der Waals surface area contributed by atoms with E-state index in [1.807, 2.05) is 24.4 Å². The number of rotatable bonds is 7. The summed E-state index contributed by atoms with van der Waals surface area (Å²) in [6.07, 6.45) is 8.57. The van der Waals surface area contributed by atoms with E-state index in [4.69, 9.17) is 4.99 Å². The lowest BCUT2D eigenvalue weighted by Crippen LogP contribution is -2.38. The van der Waals surface area contributed by atoms with E-state index in [1.54, 1.807) is 0 Å². The number of pyridine rings is 1. The summed E-state index contributed by atoms with van der Waals surface area (Å²) >= 11 is 0. The Labute approximate surface area is 173 Å². The largest absolute Gasteiger partial charge is 0.357 e. The van der Waals surface area contributed by atoms with E-state index in [9.17, 15) is 0 Å². The molecule has 1 aliphatic rings. The van der Waals surface area contributed by atoms with Crippen LogP contribution in [0.1, 0.15) is 25.3 Å². The molecule has 0 aromatic carbocycles. The van der Waals surface area contributed by atoms with Gasteiger partial charge in [0.1, 0.15) is 5.82 Å². The van der Waals surface area contributed by atoms with Gasteiger partial charge in [-0.25, -0.2) is 9.98 Å². The topological polar surface area (TPSA) is 57.5 Å². The van der Waals surface area contributed by atoms with Crippen LogP contribution in [0.15, 0.2) is 47.8 Å². The molecule has 142 valence electrons. The van der Waals surface area contributed by atoms with Crippen LogP contribution in [0.3, 0.4) is 0 Å². The molecular weight excluding hydrogens is 439 g/mol. The van der Waals surface area contributed by atoms with Gasteiger partial charge in [-0.1, -0.05) is 0 Å². The number of aliphatic imine (C=N–C) groups is 1. The minimum absolute atomic E-state index is 0. The molecule has 1 fully saturated rings. The fraction of sp³-hybridized carbons (Fsp3) is 0.474. The Balaban J connectivity index is 0.00000243. The second-order valence-electron chi connectivity index (χ2n) is 6.26. The Morgan fingerprint density at radius 2 is 1.96 bits per heavy atom. The van der Waals surface area contributed by atoms with Crippen molar-refractivity contribution in [1.29, 1.82) is 0 Å². The maximum atomic E-state index is 4.71. The van der Waals surface area contributed by atoms with Crippen LogP contribution in [0.4, 0.5) is 5.82 Å². The van der Waals surface area contributed by atoms with E-state index >= 15 is 0 Å². The molecule has 3 heterocycles. The molecule has 0 radical (unpaired) electrons. The van der Waals surface area contributed by atoms with Crippen molar-refractivity contribution in [3.8, 4) is 0 Å². The van der Waals surface area contributed by atoms with Crippen molar-refractivity contribution in [2.24, 2.45) is 4.99 Å². The average molecular weight is 468 g/mol. The number of hydrogen-bond acceptors (Lipinski definition) is 3.